The molecule has 1 heteroatoms. The highest BCUT2D eigenvalue weighted by molar-refractivity contribution is 5.70. The molecule has 0 amide bonds. The van der Waals surface area contributed by atoms with Crippen LogP contribution in [0.5, 0.6) is 5.75 Å². The topological polar surface area (TPSA) is 9.23 Å². The third-order valence-electron chi connectivity index (χ3n) is 3.80. The lowest BCUT2D eigenvalue weighted by Gasteiger charge is -2.03. The normalized spacial score (nSPS) is 9.71. The summed E-state index contributed by atoms with van der Waals surface area (Å²) < 4.78 is 5.01. The summed E-state index contributed by atoms with van der Waals surface area (Å²) in [5.41, 5.74) is 6.02. The molecule has 0 spiro atoms. The second kappa shape index (κ2) is 17.9. The molecule has 0 radical (unpaired) electrons. The fraction of sp³-hybridized carbons (Fsp3) is 0.407. The fourth-order valence-corrected chi connectivity index (χ4v) is 2.06. The minimum atomic E-state index is 0.928. The Labute approximate surface area is 174 Å². The number of methoxy groups -OCH3 is 1. The third kappa shape index (κ3) is 12.0. The van der Waals surface area contributed by atoms with Crippen molar-refractivity contribution in [1.82, 2.24) is 0 Å². The van der Waals surface area contributed by atoms with E-state index in [0.29, 0.717) is 0 Å². The molecule has 0 fully saturated rings. The van der Waals surface area contributed by atoms with Crippen LogP contribution in [0.2, 0.25) is 0 Å². The summed E-state index contributed by atoms with van der Waals surface area (Å²) in [4.78, 5) is 0. The standard InChI is InChI=1S/C13H14.C9H12O.C3H8.C2H6/c1-5-11(3)12(4)13-8-6-7-10(2)9-13;1-3-8-4-6-9(10-2)7-5-8;1-3-2;1-2/h1,6-9H,2-4H3;4-7H,3H2,1-2H3;3H2,1-2H3;1-2H3/b12-11-;;;. The van der Waals surface area contributed by atoms with Gasteiger partial charge in [-0.1, -0.05) is 88.9 Å². The Bertz CT molecular complexity index is 677. The first kappa shape index (κ1) is 27.8. The molecule has 0 unspecified atom stereocenters. The minimum Gasteiger partial charge on any atom is -0.497 e. The molecule has 28 heavy (non-hydrogen) atoms. The van der Waals surface area contributed by atoms with Gasteiger partial charge in [-0.2, -0.15) is 0 Å². The molecule has 0 aliphatic carbocycles. The molecule has 1 nitrogen and oxygen atoms in total. The van der Waals surface area contributed by atoms with E-state index in [1.807, 2.05) is 32.9 Å². The lowest BCUT2D eigenvalue weighted by molar-refractivity contribution is 0.414. The van der Waals surface area contributed by atoms with Crippen molar-refractivity contribution in [3.05, 3.63) is 70.8 Å². The average molecular weight is 381 g/mol. The van der Waals surface area contributed by atoms with Crippen molar-refractivity contribution < 1.29 is 4.74 Å². The summed E-state index contributed by atoms with van der Waals surface area (Å²) >= 11 is 0. The molecule has 0 aliphatic rings. The zero-order valence-electron chi connectivity index (χ0n) is 19.5. The smallest absolute Gasteiger partial charge is 0.118 e. The Kier molecular flexibility index (Phi) is 17.8. The molecule has 2 aromatic carbocycles. The SMILES string of the molecule is C#C/C(C)=C(/C)c1cccc(C)c1.CC.CCC.CCc1ccc(OC)cc1. The number of ether oxygens (including phenoxy) is 1. The Morgan fingerprint density at radius 3 is 1.89 bits per heavy atom. The molecule has 0 N–H and O–H groups in total. The van der Waals surface area contributed by atoms with Crippen molar-refractivity contribution >= 4 is 5.57 Å². The molecule has 154 valence electrons. The van der Waals surface area contributed by atoms with Gasteiger partial charge in [-0.15, -0.1) is 6.42 Å². The van der Waals surface area contributed by atoms with E-state index in [4.69, 9.17) is 11.2 Å². The lowest BCUT2D eigenvalue weighted by atomic mass is 10.0. The summed E-state index contributed by atoms with van der Waals surface area (Å²) in [5, 5.41) is 0. The average Bonchev–Trinajstić information content (AvgIpc) is 2.75. The van der Waals surface area contributed by atoms with Crippen LogP contribution >= 0.6 is 0 Å². The minimum absolute atomic E-state index is 0.928. The molecular formula is C27H40O. The van der Waals surface area contributed by atoms with Gasteiger partial charge in [0, 0.05) is 5.57 Å². The Balaban J connectivity index is 0. The second-order valence-corrected chi connectivity index (χ2v) is 6.17. The number of hydrogen-bond donors (Lipinski definition) is 0. The number of rotatable bonds is 3. The van der Waals surface area contributed by atoms with E-state index >= 15 is 0 Å². The maximum absolute atomic E-state index is 5.34. The fourth-order valence-electron chi connectivity index (χ4n) is 2.06. The van der Waals surface area contributed by atoms with Crippen molar-refractivity contribution in [3.8, 4) is 18.1 Å². The lowest BCUT2D eigenvalue weighted by Crippen LogP contribution is -1.84. The highest BCUT2D eigenvalue weighted by Crippen LogP contribution is 2.18. The molecule has 0 aromatic heterocycles. The van der Waals surface area contributed by atoms with Gasteiger partial charge in [-0.3, -0.25) is 0 Å². The van der Waals surface area contributed by atoms with Crippen molar-refractivity contribution in [3.63, 3.8) is 0 Å². The zero-order valence-corrected chi connectivity index (χ0v) is 19.5. The summed E-state index contributed by atoms with van der Waals surface area (Å²) in [6.45, 7) is 16.5. The molecule has 2 aromatic rings. The van der Waals surface area contributed by atoms with E-state index in [9.17, 15) is 0 Å². The van der Waals surface area contributed by atoms with E-state index in [1.165, 1.54) is 28.7 Å². The Morgan fingerprint density at radius 2 is 1.50 bits per heavy atom. The van der Waals surface area contributed by atoms with Crippen molar-refractivity contribution in [2.75, 3.05) is 7.11 Å². The molecular weight excluding hydrogens is 340 g/mol. The predicted octanol–water partition coefficient (Wildman–Crippen LogP) is 8.12. The molecule has 2 rings (SSSR count). The van der Waals surface area contributed by atoms with E-state index in [1.54, 1.807) is 7.11 Å². The largest absolute Gasteiger partial charge is 0.497 e. The summed E-state index contributed by atoms with van der Waals surface area (Å²) in [6.07, 6.45) is 7.68. The van der Waals surface area contributed by atoms with Gasteiger partial charge in [0.15, 0.2) is 0 Å². The van der Waals surface area contributed by atoms with E-state index in [2.05, 4.69) is 76.9 Å². The van der Waals surface area contributed by atoms with Gasteiger partial charge in [0.2, 0.25) is 0 Å². The van der Waals surface area contributed by atoms with Crippen LogP contribution in [0.15, 0.2) is 54.1 Å². The molecule has 0 atom stereocenters. The highest BCUT2D eigenvalue weighted by Gasteiger charge is 1.98. The number of hydrogen-bond acceptors (Lipinski definition) is 1. The van der Waals surface area contributed by atoms with Gasteiger partial charge in [0.05, 0.1) is 7.11 Å². The van der Waals surface area contributed by atoms with Crippen LogP contribution in [0.25, 0.3) is 5.57 Å². The molecule has 0 bridgehead atoms. The van der Waals surface area contributed by atoms with Crippen LogP contribution in [-0.4, -0.2) is 7.11 Å². The molecule has 0 saturated carbocycles. The van der Waals surface area contributed by atoms with Crippen LogP contribution in [0, 0.1) is 19.3 Å². The van der Waals surface area contributed by atoms with Crippen LogP contribution in [0.3, 0.4) is 0 Å². The Hall–Kier alpha value is -2.46. The van der Waals surface area contributed by atoms with Gasteiger partial charge in [0.1, 0.15) is 5.75 Å². The van der Waals surface area contributed by atoms with Crippen LogP contribution in [0.4, 0.5) is 0 Å². The zero-order chi connectivity index (χ0) is 21.9. The number of benzene rings is 2. The second-order valence-electron chi connectivity index (χ2n) is 6.17. The predicted molar refractivity (Wildman–Crippen MR) is 128 cm³/mol. The van der Waals surface area contributed by atoms with Gasteiger partial charge < -0.3 is 4.74 Å². The molecule has 0 aliphatic heterocycles. The first-order valence-corrected chi connectivity index (χ1v) is 10.3. The van der Waals surface area contributed by atoms with E-state index < -0.39 is 0 Å². The summed E-state index contributed by atoms with van der Waals surface area (Å²) in [5.74, 6) is 3.59. The maximum atomic E-state index is 5.34. The third-order valence-corrected chi connectivity index (χ3v) is 3.80. The highest BCUT2D eigenvalue weighted by atomic mass is 16.5. The van der Waals surface area contributed by atoms with Gasteiger partial charge >= 0.3 is 0 Å². The number of allylic oxidation sites excluding steroid dienone is 2. The maximum Gasteiger partial charge on any atom is 0.118 e. The Morgan fingerprint density at radius 1 is 0.964 bits per heavy atom. The van der Waals surface area contributed by atoms with Crippen LogP contribution < -0.4 is 4.74 Å². The van der Waals surface area contributed by atoms with Crippen LogP contribution in [0.1, 0.15) is 71.6 Å². The first-order valence-electron chi connectivity index (χ1n) is 10.3. The van der Waals surface area contributed by atoms with E-state index in [-0.39, 0.29) is 0 Å². The van der Waals surface area contributed by atoms with Crippen LogP contribution in [-0.2, 0) is 6.42 Å². The summed E-state index contributed by atoms with van der Waals surface area (Å²) in [7, 11) is 1.68. The first-order chi connectivity index (χ1) is 13.4. The van der Waals surface area contributed by atoms with Gasteiger partial charge in [-0.25, -0.2) is 0 Å². The quantitative estimate of drug-likeness (QED) is 0.488. The van der Waals surface area contributed by atoms with Crippen molar-refractivity contribution in [1.29, 1.82) is 0 Å². The van der Waals surface area contributed by atoms with Gasteiger partial charge in [0.25, 0.3) is 0 Å². The van der Waals surface area contributed by atoms with Crippen molar-refractivity contribution in [2.45, 2.75) is 68.2 Å². The van der Waals surface area contributed by atoms with Crippen molar-refractivity contribution in [2.24, 2.45) is 0 Å². The van der Waals surface area contributed by atoms with Gasteiger partial charge in [-0.05, 0) is 56.0 Å². The summed E-state index contributed by atoms with van der Waals surface area (Å²) in [6, 6.07) is 16.5. The molecule has 0 saturated heterocycles. The number of aryl methyl sites for hydroxylation is 2. The monoisotopic (exact) mass is 380 g/mol. The number of terminal acetylenes is 1. The van der Waals surface area contributed by atoms with E-state index in [0.717, 1.165) is 17.7 Å². The molecule has 0 heterocycles.